The van der Waals surface area contributed by atoms with Crippen LogP contribution in [0.25, 0.3) is 21.7 Å². The van der Waals surface area contributed by atoms with E-state index in [0.29, 0.717) is 27.6 Å². The molecule has 132 valence electrons. The molecule has 4 heterocycles. The van der Waals surface area contributed by atoms with Crippen LogP contribution in [-0.2, 0) is 6.61 Å². The quantitative estimate of drug-likeness (QED) is 0.479. The third-order valence-corrected chi connectivity index (χ3v) is 4.80. The Kier molecular flexibility index (Phi) is 3.65. The van der Waals surface area contributed by atoms with Crippen LogP contribution in [-0.4, -0.2) is 29.1 Å². The number of benzene rings is 1. The van der Waals surface area contributed by atoms with Crippen molar-refractivity contribution in [2.75, 3.05) is 0 Å². The lowest BCUT2D eigenvalue weighted by atomic mass is 10.3. The third kappa shape index (κ3) is 2.74. The van der Waals surface area contributed by atoms with E-state index in [-0.39, 0.29) is 12.2 Å². The molecule has 4 aromatic heterocycles. The first-order chi connectivity index (χ1) is 13.3. The summed E-state index contributed by atoms with van der Waals surface area (Å²) in [7, 11) is 0. The Morgan fingerprint density at radius 1 is 1.15 bits per heavy atom. The molecule has 0 aliphatic rings. The van der Waals surface area contributed by atoms with E-state index >= 15 is 0 Å². The van der Waals surface area contributed by atoms with Crippen molar-refractivity contribution in [3.05, 3.63) is 76.5 Å². The maximum Gasteiger partial charge on any atom is 0.258 e. The molecule has 0 fully saturated rings. The van der Waals surface area contributed by atoms with Gasteiger partial charge in [-0.2, -0.15) is 5.10 Å². The van der Waals surface area contributed by atoms with Crippen molar-refractivity contribution in [3.63, 3.8) is 0 Å². The fourth-order valence-electron chi connectivity index (χ4n) is 2.80. The number of aromatic nitrogens is 6. The zero-order chi connectivity index (χ0) is 18.2. The van der Waals surface area contributed by atoms with Crippen LogP contribution >= 0.6 is 11.3 Å². The van der Waals surface area contributed by atoms with Gasteiger partial charge in [0.05, 0.1) is 17.6 Å². The first-order valence-corrected chi connectivity index (χ1v) is 9.00. The predicted octanol–water partition coefficient (Wildman–Crippen LogP) is 2.46. The minimum Gasteiger partial charge on any atom is -0.471 e. The van der Waals surface area contributed by atoms with Gasteiger partial charge in [-0.1, -0.05) is 18.2 Å². The molecule has 5 aromatic rings. The third-order valence-electron chi connectivity index (χ3n) is 4.04. The van der Waals surface area contributed by atoms with Crippen LogP contribution in [0.2, 0.25) is 0 Å². The molecular formula is C18H12N6O2S. The molecule has 27 heavy (non-hydrogen) atoms. The summed E-state index contributed by atoms with van der Waals surface area (Å²) in [4.78, 5) is 25.7. The van der Waals surface area contributed by atoms with E-state index in [1.165, 1.54) is 28.1 Å². The van der Waals surface area contributed by atoms with Crippen LogP contribution in [0, 0.1) is 0 Å². The van der Waals surface area contributed by atoms with Gasteiger partial charge in [-0.15, -0.1) is 11.3 Å². The standard InChI is InChI=1S/C18H12N6O2S/c25-15-8-12(22-18-23(15)6-7-27-18)10-26-17-14-9-21-24(16(14)19-11-20-17)13-4-2-1-3-5-13/h1-9,11H,10H2. The van der Waals surface area contributed by atoms with Crippen molar-refractivity contribution < 1.29 is 4.74 Å². The Morgan fingerprint density at radius 2 is 2.04 bits per heavy atom. The highest BCUT2D eigenvalue weighted by Gasteiger charge is 2.13. The fourth-order valence-corrected chi connectivity index (χ4v) is 3.54. The predicted molar refractivity (Wildman–Crippen MR) is 100 cm³/mol. The van der Waals surface area contributed by atoms with Gasteiger partial charge in [0.15, 0.2) is 10.6 Å². The maximum atomic E-state index is 12.1. The van der Waals surface area contributed by atoms with Gasteiger partial charge < -0.3 is 4.74 Å². The normalized spacial score (nSPS) is 11.3. The lowest BCUT2D eigenvalue weighted by Crippen LogP contribution is -2.14. The van der Waals surface area contributed by atoms with Gasteiger partial charge >= 0.3 is 0 Å². The molecule has 0 spiro atoms. The van der Waals surface area contributed by atoms with Crippen LogP contribution in [0.5, 0.6) is 5.88 Å². The first-order valence-electron chi connectivity index (χ1n) is 8.12. The lowest BCUT2D eigenvalue weighted by Gasteiger charge is -2.06. The molecule has 0 radical (unpaired) electrons. The van der Waals surface area contributed by atoms with Crippen molar-refractivity contribution in [3.8, 4) is 11.6 Å². The molecule has 0 N–H and O–H groups in total. The van der Waals surface area contributed by atoms with Gasteiger partial charge in [-0.05, 0) is 12.1 Å². The number of nitrogens with zero attached hydrogens (tertiary/aromatic N) is 6. The summed E-state index contributed by atoms with van der Waals surface area (Å²) in [6.45, 7) is 0.131. The van der Waals surface area contributed by atoms with E-state index in [4.69, 9.17) is 4.74 Å². The highest BCUT2D eigenvalue weighted by atomic mass is 32.1. The molecule has 0 saturated heterocycles. The van der Waals surface area contributed by atoms with E-state index in [1.807, 2.05) is 35.7 Å². The van der Waals surface area contributed by atoms with Gasteiger partial charge in [-0.3, -0.25) is 9.20 Å². The molecular weight excluding hydrogens is 364 g/mol. The van der Waals surface area contributed by atoms with Crippen molar-refractivity contribution in [2.24, 2.45) is 0 Å². The minimum absolute atomic E-state index is 0.131. The van der Waals surface area contributed by atoms with E-state index in [2.05, 4.69) is 20.1 Å². The number of hydrogen-bond donors (Lipinski definition) is 0. The molecule has 9 heteroatoms. The molecule has 0 unspecified atom stereocenters. The average Bonchev–Trinajstić information content (AvgIpc) is 3.34. The molecule has 0 aliphatic carbocycles. The number of ether oxygens (including phenoxy) is 1. The van der Waals surface area contributed by atoms with Crippen LogP contribution in [0.15, 0.2) is 65.3 Å². The molecule has 8 nitrogen and oxygen atoms in total. The molecule has 0 amide bonds. The Hall–Kier alpha value is -3.59. The first kappa shape index (κ1) is 15.6. The molecule has 5 rings (SSSR count). The molecule has 0 aliphatic heterocycles. The fraction of sp³-hybridized carbons (Fsp3) is 0.0556. The minimum atomic E-state index is -0.135. The van der Waals surface area contributed by atoms with Crippen LogP contribution in [0.4, 0.5) is 0 Å². The molecule has 0 bridgehead atoms. The topological polar surface area (TPSA) is 87.2 Å². The van der Waals surface area contributed by atoms with Crippen molar-refractivity contribution in [1.82, 2.24) is 29.1 Å². The monoisotopic (exact) mass is 376 g/mol. The molecule has 0 atom stereocenters. The van der Waals surface area contributed by atoms with Gasteiger partial charge in [-0.25, -0.2) is 19.6 Å². The SMILES string of the molecule is O=c1cc(COc2ncnc3c2cnn3-c2ccccc2)nc2sccn12. The number of hydrogen-bond acceptors (Lipinski definition) is 7. The van der Waals surface area contributed by atoms with Crippen LogP contribution < -0.4 is 10.3 Å². The van der Waals surface area contributed by atoms with Gasteiger partial charge in [0, 0.05) is 17.6 Å². The molecule has 1 aromatic carbocycles. The van der Waals surface area contributed by atoms with E-state index in [1.54, 1.807) is 17.1 Å². The summed E-state index contributed by atoms with van der Waals surface area (Å²) in [5.74, 6) is 0.398. The summed E-state index contributed by atoms with van der Waals surface area (Å²) in [5.41, 5.74) is 1.96. The smallest absolute Gasteiger partial charge is 0.258 e. The second-order valence-electron chi connectivity index (χ2n) is 5.74. The lowest BCUT2D eigenvalue weighted by molar-refractivity contribution is 0.293. The summed E-state index contributed by atoms with van der Waals surface area (Å²) in [6, 6.07) is 11.2. The Morgan fingerprint density at radius 3 is 2.93 bits per heavy atom. The number of rotatable bonds is 4. The Bertz CT molecular complexity index is 1310. The second-order valence-corrected chi connectivity index (χ2v) is 6.61. The molecule has 0 saturated carbocycles. The van der Waals surface area contributed by atoms with E-state index in [0.717, 1.165) is 5.69 Å². The average molecular weight is 376 g/mol. The van der Waals surface area contributed by atoms with Gasteiger partial charge in [0.1, 0.15) is 18.3 Å². The Balaban J connectivity index is 1.48. The van der Waals surface area contributed by atoms with Gasteiger partial charge in [0.2, 0.25) is 5.88 Å². The number of para-hydroxylation sites is 1. The van der Waals surface area contributed by atoms with Crippen molar-refractivity contribution in [1.29, 1.82) is 0 Å². The Labute approximate surface area is 156 Å². The summed E-state index contributed by atoms with van der Waals surface area (Å²) in [5, 5.41) is 6.91. The second kappa shape index (κ2) is 6.29. The number of fused-ring (bicyclic) bond motifs is 2. The highest BCUT2D eigenvalue weighted by molar-refractivity contribution is 7.15. The van der Waals surface area contributed by atoms with Gasteiger partial charge in [0.25, 0.3) is 5.56 Å². The summed E-state index contributed by atoms with van der Waals surface area (Å²) < 4.78 is 9.05. The van der Waals surface area contributed by atoms with Crippen molar-refractivity contribution >= 4 is 27.3 Å². The van der Waals surface area contributed by atoms with E-state index < -0.39 is 0 Å². The zero-order valence-corrected chi connectivity index (χ0v) is 14.7. The largest absolute Gasteiger partial charge is 0.471 e. The zero-order valence-electron chi connectivity index (χ0n) is 13.9. The summed E-state index contributed by atoms with van der Waals surface area (Å²) >= 11 is 1.40. The van der Waals surface area contributed by atoms with Crippen LogP contribution in [0.1, 0.15) is 5.69 Å². The maximum absolute atomic E-state index is 12.1. The highest BCUT2D eigenvalue weighted by Crippen LogP contribution is 2.23. The summed E-state index contributed by atoms with van der Waals surface area (Å²) in [6.07, 6.45) is 4.80. The van der Waals surface area contributed by atoms with E-state index in [9.17, 15) is 4.79 Å². The number of thiazole rings is 1. The van der Waals surface area contributed by atoms with Crippen LogP contribution in [0.3, 0.4) is 0 Å². The van der Waals surface area contributed by atoms with Crippen molar-refractivity contribution in [2.45, 2.75) is 6.61 Å².